The summed E-state index contributed by atoms with van der Waals surface area (Å²) in [5.74, 6) is 0.103. The molecular weight excluding hydrogens is 328 g/mol. The highest BCUT2D eigenvalue weighted by atomic mass is 16.3. The second-order valence-electron chi connectivity index (χ2n) is 6.78. The normalized spacial score (nSPS) is 21.7. The van der Waals surface area contributed by atoms with Gasteiger partial charge in [-0.1, -0.05) is 0 Å². The number of nitrogens with two attached hydrogens (primary N) is 1. The van der Waals surface area contributed by atoms with E-state index in [2.05, 4.69) is 9.98 Å². The first kappa shape index (κ1) is 16.5. The predicted molar refractivity (Wildman–Crippen MR) is 102 cm³/mol. The molecule has 0 saturated carbocycles. The smallest absolute Gasteiger partial charge is 0.204 e. The van der Waals surface area contributed by atoms with E-state index in [9.17, 15) is 9.90 Å². The number of aromatic nitrogens is 1. The number of amidine groups is 1. The SMILES string of the molecule is Cc1cc2c(cc1C)C(=O)[C@]1(O)CCN(c3ccnc(/C=C\N)c3)C1=N2. The van der Waals surface area contributed by atoms with Crippen molar-refractivity contribution >= 4 is 29.1 Å². The van der Waals surface area contributed by atoms with Crippen molar-refractivity contribution in [1.82, 2.24) is 4.98 Å². The number of anilines is 1. The molecule has 2 aliphatic heterocycles. The number of aryl methyl sites for hydroxylation is 2. The number of carbonyl (C=O) groups is 1. The number of Topliss-reactive ketones (excluding diaryl/α,β-unsaturated/α-hetero) is 1. The van der Waals surface area contributed by atoms with Gasteiger partial charge in [-0.15, -0.1) is 0 Å². The Bertz CT molecular complexity index is 980. The molecule has 0 aliphatic carbocycles. The first-order chi connectivity index (χ1) is 12.4. The Morgan fingerprint density at radius 3 is 2.81 bits per heavy atom. The van der Waals surface area contributed by atoms with Crippen LogP contribution in [0, 0.1) is 13.8 Å². The summed E-state index contributed by atoms with van der Waals surface area (Å²) in [6, 6.07) is 7.42. The van der Waals surface area contributed by atoms with Crippen LogP contribution in [0.1, 0.15) is 33.6 Å². The molecule has 0 amide bonds. The largest absolute Gasteiger partial charge is 0.405 e. The van der Waals surface area contributed by atoms with E-state index in [1.54, 1.807) is 12.3 Å². The van der Waals surface area contributed by atoms with E-state index in [-0.39, 0.29) is 5.78 Å². The number of aliphatic hydroxyl groups is 1. The van der Waals surface area contributed by atoms with Crippen LogP contribution in [0.15, 0.2) is 41.7 Å². The zero-order valence-electron chi connectivity index (χ0n) is 14.7. The van der Waals surface area contributed by atoms with Crippen LogP contribution in [0.3, 0.4) is 0 Å². The summed E-state index contributed by atoms with van der Waals surface area (Å²) in [5.41, 5.74) is 8.57. The first-order valence-corrected chi connectivity index (χ1v) is 8.53. The Labute approximate surface area is 151 Å². The van der Waals surface area contributed by atoms with Crippen molar-refractivity contribution < 1.29 is 9.90 Å². The second-order valence-corrected chi connectivity index (χ2v) is 6.78. The Hall–Kier alpha value is -2.99. The average molecular weight is 348 g/mol. The molecule has 2 aromatic rings. The van der Waals surface area contributed by atoms with Crippen molar-refractivity contribution in [2.45, 2.75) is 25.9 Å². The molecule has 1 aromatic heterocycles. The molecule has 0 unspecified atom stereocenters. The van der Waals surface area contributed by atoms with Gasteiger partial charge in [0.15, 0.2) is 5.60 Å². The summed E-state index contributed by atoms with van der Waals surface area (Å²) in [4.78, 5) is 23.8. The standard InChI is InChI=1S/C20H20N4O2/c1-12-9-16-17(10-13(12)2)23-19-20(26,18(16)25)5-8-24(19)15-4-7-22-14(11-15)3-6-21/h3-4,6-7,9-11,26H,5,8,21H2,1-2H3/b6-3-/t20-/m1/s1. The summed E-state index contributed by atoms with van der Waals surface area (Å²) in [6.45, 7) is 4.45. The van der Waals surface area contributed by atoms with Gasteiger partial charge < -0.3 is 15.7 Å². The minimum atomic E-state index is -1.58. The van der Waals surface area contributed by atoms with Crippen LogP contribution in [-0.2, 0) is 0 Å². The van der Waals surface area contributed by atoms with E-state index in [0.29, 0.717) is 35.7 Å². The molecular formula is C20H20N4O2. The van der Waals surface area contributed by atoms with E-state index < -0.39 is 5.60 Å². The van der Waals surface area contributed by atoms with Crippen LogP contribution in [0.2, 0.25) is 0 Å². The van der Waals surface area contributed by atoms with Crippen LogP contribution in [0.5, 0.6) is 0 Å². The van der Waals surface area contributed by atoms with E-state index >= 15 is 0 Å². The molecule has 0 radical (unpaired) electrons. The summed E-state index contributed by atoms with van der Waals surface area (Å²) in [5, 5.41) is 11.1. The van der Waals surface area contributed by atoms with Crippen LogP contribution in [0.25, 0.3) is 6.08 Å². The number of fused-ring (bicyclic) bond motifs is 2. The molecule has 4 rings (SSSR count). The number of rotatable bonds is 2. The number of carbonyl (C=O) groups excluding carboxylic acids is 1. The zero-order valence-corrected chi connectivity index (χ0v) is 14.7. The van der Waals surface area contributed by atoms with Crippen LogP contribution in [-0.4, -0.2) is 33.9 Å². The Morgan fingerprint density at radius 2 is 2.04 bits per heavy atom. The van der Waals surface area contributed by atoms with Crippen LogP contribution < -0.4 is 10.6 Å². The number of benzene rings is 1. The highest BCUT2D eigenvalue weighted by Crippen LogP contribution is 2.40. The number of hydrogen-bond acceptors (Lipinski definition) is 6. The van der Waals surface area contributed by atoms with Gasteiger partial charge in [0.1, 0.15) is 5.84 Å². The van der Waals surface area contributed by atoms with Crippen LogP contribution in [0.4, 0.5) is 11.4 Å². The van der Waals surface area contributed by atoms with Gasteiger partial charge in [-0.25, -0.2) is 4.99 Å². The molecule has 2 aliphatic rings. The first-order valence-electron chi connectivity index (χ1n) is 8.53. The highest BCUT2D eigenvalue weighted by Gasteiger charge is 2.52. The van der Waals surface area contributed by atoms with E-state index in [1.165, 1.54) is 6.20 Å². The third-order valence-corrected chi connectivity index (χ3v) is 5.12. The van der Waals surface area contributed by atoms with Gasteiger partial charge in [0, 0.05) is 30.4 Å². The maximum atomic E-state index is 13.0. The summed E-state index contributed by atoms with van der Waals surface area (Å²) >= 11 is 0. The predicted octanol–water partition coefficient (Wildman–Crippen LogP) is 2.50. The van der Waals surface area contributed by atoms with E-state index in [0.717, 1.165) is 16.8 Å². The molecule has 1 aromatic carbocycles. The maximum Gasteiger partial charge on any atom is 0.204 e. The van der Waals surface area contributed by atoms with Gasteiger partial charge in [0.05, 0.1) is 11.4 Å². The minimum absolute atomic E-state index is 0.278. The van der Waals surface area contributed by atoms with Gasteiger partial charge in [0.25, 0.3) is 0 Å². The summed E-state index contributed by atoms with van der Waals surface area (Å²) in [7, 11) is 0. The van der Waals surface area contributed by atoms with Crippen molar-refractivity contribution in [2.24, 2.45) is 10.7 Å². The molecule has 132 valence electrons. The lowest BCUT2D eigenvalue weighted by molar-refractivity contribution is 0.0602. The number of nitrogens with zero attached hydrogens (tertiary/aromatic N) is 3. The lowest BCUT2D eigenvalue weighted by Crippen LogP contribution is -2.48. The number of hydrogen-bond donors (Lipinski definition) is 2. The fourth-order valence-corrected chi connectivity index (χ4v) is 3.54. The molecule has 3 N–H and O–H groups in total. The van der Waals surface area contributed by atoms with E-state index in [1.807, 2.05) is 43.0 Å². The van der Waals surface area contributed by atoms with Gasteiger partial charge in [-0.2, -0.15) is 0 Å². The molecule has 0 bridgehead atoms. The van der Waals surface area contributed by atoms with Crippen LogP contribution >= 0.6 is 0 Å². The molecule has 1 saturated heterocycles. The quantitative estimate of drug-likeness (QED) is 0.870. The van der Waals surface area contributed by atoms with Crippen molar-refractivity contribution in [3.63, 3.8) is 0 Å². The van der Waals surface area contributed by atoms with Crippen molar-refractivity contribution in [1.29, 1.82) is 0 Å². The third kappa shape index (κ3) is 2.34. The van der Waals surface area contributed by atoms with Crippen molar-refractivity contribution in [2.75, 3.05) is 11.4 Å². The lowest BCUT2D eigenvalue weighted by Gasteiger charge is -2.30. The summed E-state index contributed by atoms with van der Waals surface area (Å²) < 4.78 is 0. The van der Waals surface area contributed by atoms with Crippen molar-refractivity contribution in [3.8, 4) is 0 Å². The van der Waals surface area contributed by atoms with Gasteiger partial charge in [0.2, 0.25) is 5.78 Å². The topological polar surface area (TPSA) is 91.8 Å². The highest BCUT2D eigenvalue weighted by molar-refractivity contribution is 6.28. The molecule has 26 heavy (non-hydrogen) atoms. The Kier molecular flexibility index (Phi) is 3.66. The molecule has 1 fully saturated rings. The second kappa shape index (κ2) is 5.78. The van der Waals surface area contributed by atoms with E-state index in [4.69, 9.17) is 5.73 Å². The lowest BCUT2D eigenvalue weighted by atomic mass is 9.86. The molecule has 0 spiro atoms. The third-order valence-electron chi connectivity index (χ3n) is 5.12. The summed E-state index contributed by atoms with van der Waals surface area (Å²) in [6.07, 6.45) is 5.10. The monoisotopic (exact) mass is 348 g/mol. The zero-order chi connectivity index (χ0) is 18.5. The minimum Gasteiger partial charge on any atom is -0.405 e. The van der Waals surface area contributed by atoms with Gasteiger partial charge in [-0.3, -0.25) is 9.78 Å². The maximum absolute atomic E-state index is 13.0. The fraction of sp³-hybridized carbons (Fsp3) is 0.250. The Morgan fingerprint density at radius 1 is 1.27 bits per heavy atom. The molecule has 6 heteroatoms. The number of pyridine rings is 1. The molecule has 1 atom stereocenters. The average Bonchev–Trinajstić information content (AvgIpc) is 2.96. The number of ketones is 1. The number of aliphatic imine (C=N–C) groups is 1. The molecule has 6 nitrogen and oxygen atoms in total. The van der Waals surface area contributed by atoms with Crippen molar-refractivity contribution in [3.05, 3.63) is 59.0 Å². The Balaban J connectivity index is 1.84. The van der Waals surface area contributed by atoms with Gasteiger partial charge >= 0.3 is 0 Å². The molecule has 3 heterocycles. The van der Waals surface area contributed by atoms with Gasteiger partial charge in [-0.05, 0) is 61.5 Å². The fourth-order valence-electron chi connectivity index (χ4n) is 3.54.